The minimum Gasteiger partial charge on any atom is -0.335 e. The van der Waals surface area contributed by atoms with Crippen LogP contribution >= 0.6 is 0 Å². The van der Waals surface area contributed by atoms with E-state index >= 15 is 0 Å². The van der Waals surface area contributed by atoms with Crippen molar-refractivity contribution in [2.75, 3.05) is 6.54 Å². The molecule has 0 unspecified atom stereocenters. The van der Waals surface area contributed by atoms with Crippen molar-refractivity contribution in [3.05, 3.63) is 23.4 Å². The summed E-state index contributed by atoms with van der Waals surface area (Å²) in [6, 6.07) is 0. The summed E-state index contributed by atoms with van der Waals surface area (Å²) in [5.74, 6) is -1.35. The van der Waals surface area contributed by atoms with Gasteiger partial charge in [-0.3, -0.25) is 19.3 Å². The summed E-state index contributed by atoms with van der Waals surface area (Å²) in [5, 5.41) is 2.48. The molecule has 2 rings (SSSR count). The molecule has 20 heavy (non-hydrogen) atoms. The van der Waals surface area contributed by atoms with Crippen LogP contribution in [-0.4, -0.2) is 38.7 Å². The average Bonchev–Trinajstić information content (AvgIpc) is 2.74. The van der Waals surface area contributed by atoms with Gasteiger partial charge in [0.15, 0.2) is 0 Å². The number of nitrogens with one attached hydrogen (secondary N) is 1. The first-order chi connectivity index (χ1) is 9.43. The summed E-state index contributed by atoms with van der Waals surface area (Å²) in [7, 11) is 0. The lowest BCUT2D eigenvalue weighted by Gasteiger charge is -2.25. The molecule has 1 fully saturated rings. The number of imide groups is 1. The Labute approximate surface area is 116 Å². The van der Waals surface area contributed by atoms with Crippen LogP contribution in [0.25, 0.3) is 6.08 Å². The van der Waals surface area contributed by atoms with Crippen LogP contribution in [0.3, 0.4) is 0 Å². The lowest BCUT2D eigenvalue weighted by atomic mass is 10.2. The lowest BCUT2D eigenvalue weighted by molar-refractivity contribution is -0.147. The van der Waals surface area contributed by atoms with Crippen molar-refractivity contribution >= 4 is 23.8 Å². The summed E-state index contributed by atoms with van der Waals surface area (Å²) in [6.45, 7) is 5.64. The number of hydrogen-bond donors (Lipinski definition) is 1. The van der Waals surface area contributed by atoms with E-state index in [1.54, 1.807) is 6.33 Å². The van der Waals surface area contributed by atoms with Crippen LogP contribution in [0, 0.1) is 6.92 Å². The number of nitrogens with zero attached hydrogens (tertiary/aromatic N) is 3. The molecule has 0 aliphatic carbocycles. The Hall–Kier alpha value is -2.44. The third-order valence-corrected chi connectivity index (χ3v) is 3.19. The van der Waals surface area contributed by atoms with Crippen molar-refractivity contribution in [1.82, 2.24) is 19.8 Å². The second kappa shape index (κ2) is 5.28. The molecule has 0 atom stereocenters. The fourth-order valence-corrected chi connectivity index (χ4v) is 2.01. The molecule has 1 N–H and O–H groups in total. The van der Waals surface area contributed by atoms with Crippen molar-refractivity contribution in [3.8, 4) is 0 Å². The Morgan fingerprint density at radius 2 is 2.20 bits per heavy atom. The molecule has 1 saturated heterocycles. The molecule has 1 aromatic heterocycles. The van der Waals surface area contributed by atoms with Crippen molar-refractivity contribution in [3.63, 3.8) is 0 Å². The smallest absolute Gasteiger partial charge is 0.277 e. The Morgan fingerprint density at radius 1 is 1.50 bits per heavy atom. The molecular formula is C13H16N4O3. The molecule has 7 nitrogen and oxygen atoms in total. The zero-order chi connectivity index (χ0) is 14.9. The summed E-state index contributed by atoms with van der Waals surface area (Å²) >= 11 is 0. The molecule has 7 heteroatoms. The molecule has 3 amide bonds. The van der Waals surface area contributed by atoms with E-state index in [0.717, 1.165) is 17.1 Å². The number of carbonyl (C=O) groups excluding carboxylic acids is 3. The first-order valence-corrected chi connectivity index (χ1v) is 6.29. The van der Waals surface area contributed by atoms with E-state index in [9.17, 15) is 14.4 Å². The van der Waals surface area contributed by atoms with Crippen molar-refractivity contribution in [2.45, 2.75) is 27.3 Å². The maximum Gasteiger partial charge on any atom is 0.277 e. The highest BCUT2D eigenvalue weighted by atomic mass is 16.2. The number of piperazine rings is 1. The third-order valence-electron chi connectivity index (χ3n) is 3.19. The predicted molar refractivity (Wildman–Crippen MR) is 71.2 cm³/mol. The Balaban J connectivity index is 2.36. The normalized spacial score (nSPS) is 17.6. The van der Waals surface area contributed by atoms with E-state index in [1.165, 1.54) is 13.0 Å². The lowest BCUT2D eigenvalue weighted by Crippen LogP contribution is -2.51. The number of aryl methyl sites for hydroxylation is 1. The average molecular weight is 276 g/mol. The monoisotopic (exact) mass is 276 g/mol. The second-order valence-corrected chi connectivity index (χ2v) is 4.52. The van der Waals surface area contributed by atoms with Crippen molar-refractivity contribution in [1.29, 1.82) is 0 Å². The van der Waals surface area contributed by atoms with Gasteiger partial charge >= 0.3 is 0 Å². The quantitative estimate of drug-likeness (QED) is 0.774. The molecule has 0 spiro atoms. The number of imidazole rings is 1. The van der Waals surface area contributed by atoms with Crippen LogP contribution in [0.1, 0.15) is 25.2 Å². The molecule has 0 bridgehead atoms. The summed E-state index contributed by atoms with van der Waals surface area (Å²) < 4.78 is 1.92. The predicted octanol–water partition coefficient (Wildman–Crippen LogP) is 0.0572. The van der Waals surface area contributed by atoms with Crippen LogP contribution in [0.2, 0.25) is 0 Å². The summed E-state index contributed by atoms with van der Waals surface area (Å²) in [5.41, 5.74) is 1.56. The van der Waals surface area contributed by atoms with Gasteiger partial charge in [-0.25, -0.2) is 4.98 Å². The van der Waals surface area contributed by atoms with Crippen LogP contribution in [0.4, 0.5) is 0 Å². The highest BCUT2D eigenvalue weighted by Gasteiger charge is 2.30. The van der Waals surface area contributed by atoms with E-state index in [1.807, 2.05) is 18.4 Å². The fourth-order valence-electron chi connectivity index (χ4n) is 2.01. The Morgan fingerprint density at radius 3 is 2.75 bits per heavy atom. The number of aromatic nitrogens is 2. The van der Waals surface area contributed by atoms with Gasteiger partial charge in [0, 0.05) is 19.2 Å². The highest BCUT2D eigenvalue weighted by molar-refractivity contribution is 6.12. The van der Waals surface area contributed by atoms with E-state index in [0.29, 0.717) is 5.69 Å². The van der Waals surface area contributed by atoms with Crippen molar-refractivity contribution < 1.29 is 14.4 Å². The zero-order valence-electron chi connectivity index (χ0n) is 11.6. The standard InChI is InChI=1S/C13H16N4O3/c1-4-16-7-14-10(8(16)2)5-11-13(20)17(9(3)18)6-12(19)15-11/h5,7H,4,6H2,1-3H3,(H,15,19)/b11-5-. The number of carbonyl (C=O) groups is 3. The molecule has 106 valence electrons. The Bertz CT molecular complexity index is 615. The van der Waals surface area contributed by atoms with E-state index in [-0.39, 0.29) is 12.2 Å². The highest BCUT2D eigenvalue weighted by Crippen LogP contribution is 2.13. The molecule has 2 heterocycles. The van der Waals surface area contributed by atoms with Crippen LogP contribution < -0.4 is 5.32 Å². The molecular weight excluding hydrogens is 260 g/mol. The summed E-state index contributed by atoms with van der Waals surface area (Å²) in [4.78, 5) is 40.1. The minimum atomic E-state index is -0.512. The van der Waals surface area contributed by atoms with E-state index < -0.39 is 17.7 Å². The minimum absolute atomic E-state index is 0.0703. The van der Waals surface area contributed by atoms with Gasteiger partial charge in [-0.15, -0.1) is 0 Å². The van der Waals surface area contributed by atoms with Gasteiger partial charge in [-0.2, -0.15) is 0 Å². The maximum absolute atomic E-state index is 12.1. The summed E-state index contributed by atoms with van der Waals surface area (Å²) in [6.07, 6.45) is 3.16. The Kier molecular flexibility index (Phi) is 3.69. The molecule has 1 aliphatic heterocycles. The number of amides is 3. The van der Waals surface area contributed by atoms with Gasteiger partial charge in [-0.05, 0) is 19.9 Å². The van der Waals surface area contributed by atoms with Gasteiger partial charge < -0.3 is 9.88 Å². The largest absolute Gasteiger partial charge is 0.335 e. The number of hydrogen-bond acceptors (Lipinski definition) is 4. The topological polar surface area (TPSA) is 84.3 Å². The molecule has 0 aromatic carbocycles. The van der Waals surface area contributed by atoms with Gasteiger partial charge in [0.2, 0.25) is 11.8 Å². The van der Waals surface area contributed by atoms with Crippen LogP contribution in [-0.2, 0) is 20.9 Å². The molecule has 1 aromatic rings. The molecule has 0 saturated carbocycles. The first-order valence-electron chi connectivity index (χ1n) is 6.29. The molecule has 0 radical (unpaired) electrons. The van der Waals surface area contributed by atoms with E-state index in [2.05, 4.69) is 10.3 Å². The molecule has 1 aliphatic rings. The van der Waals surface area contributed by atoms with Crippen LogP contribution in [0.5, 0.6) is 0 Å². The van der Waals surface area contributed by atoms with Gasteiger partial charge in [0.25, 0.3) is 5.91 Å². The number of rotatable bonds is 2. The third kappa shape index (κ3) is 2.47. The second-order valence-electron chi connectivity index (χ2n) is 4.52. The van der Waals surface area contributed by atoms with Gasteiger partial charge in [0.1, 0.15) is 12.2 Å². The van der Waals surface area contributed by atoms with Gasteiger partial charge in [-0.1, -0.05) is 0 Å². The van der Waals surface area contributed by atoms with Crippen molar-refractivity contribution in [2.24, 2.45) is 0 Å². The zero-order valence-corrected chi connectivity index (χ0v) is 11.6. The van der Waals surface area contributed by atoms with E-state index in [4.69, 9.17) is 0 Å². The SMILES string of the molecule is CCn1cnc(/C=C2\NC(=O)CN(C(C)=O)C2=O)c1C. The van der Waals surface area contributed by atoms with Gasteiger partial charge in [0.05, 0.1) is 12.0 Å². The first kappa shape index (κ1) is 14.0. The maximum atomic E-state index is 12.1. The fraction of sp³-hybridized carbons (Fsp3) is 0.385. The van der Waals surface area contributed by atoms with Crippen LogP contribution in [0.15, 0.2) is 12.0 Å².